The van der Waals surface area contributed by atoms with Crippen LogP contribution in [0.25, 0.3) is 26.6 Å². The molecule has 0 radical (unpaired) electrons. The van der Waals surface area contributed by atoms with Crippen molar-refractivity contribution in [2.45, 2.75) is 98.5 Å². The molecule has 0 aliphatic carbocycles. The number of rotatable bonds is 25. The molecule has 81 heavy (non-hydrogen) atoms. The minimum absolute atomic E-state index is 0.0371. The van der Waals surface area contributed by atoms with Gasteiger partial charge in [-0.1, -0.05) is 75.4 Å². The number of hydrogen-bond acceptors (Lipinski definition) is 17. The molecule has 3 amide bonds. The molecule has 5 atom stereocenters. The summed E-state index contributed by atoms with van der Waals surface area (Å²) in [6.45, 7) is 16.9. The molecule has 1 saturated heterocycles. The molecule has 6 aromatic rings. The van der Waals surface area contributed by atoms with Crippen LogP contribution in [0.5, 0.6) is 5.75 Å². The van der Waals surface area contributed by atoms with Crippen LogP contribution >= 0.6 is 22.7 Å². The van der Waals surface area contributed by atoms with Crippen molar-refractivity contribution in [3.8, 4) is 38.4 Å². The number of aryl methyl sites for hydroxylation is 3. The number of β-amino-alcohol motifs (C(OH)–C–C–N with tert-alkyl or cyclic N) is 1. The Hall–Kier alpha value is -7.23. The number of carboxylic acids is 1. The number of carbonyl (C=O) groups excluding carboxylic acids is 3. The highest BCUT2D eigenvalue weighted by atomic mass is 32.1. The standard InChI is InChI=1S/C59H69N9O11S2/c1-34-37(4)81-58-51(34)52(63-46(29-50(71)72)55-66-65-38(5)68(55)58)41-13-11-40(12-14-41)43-17-18-48(44(27-43)30-60)79-26-25-77-22-21-75-19-20-76-23-24-78-32-49(70)64-54(59(6,7)8)57(74)67-31-45(69)28-47(67)56(73)62-35(2)39-9-15-42(16-10-39)53-36(3)61-33-80-53/h9-18,27,33,35,45-47,54,69H,19-26,28-29,31-32H2,1-8H3,(H,62,73)(H,64,70)(H,71,72)/t35-,45+,46-,47-,54+/m0/s1. The summed E-state index contributed by atoms with van der Waals surface area (Å²) >= 11 is 3.17. The Morgan fingerprint density at radius 3 is 2.09 bits per heavy atom. The Morgan fingerprint density at radius 2 is 1.46 bits per heavy atom. The zero-order valence-corrected chi connectivity index (χ0v) is 48.4. The highest BCUT2D eigenvalue weighted by Gasteiger charge is 2.45. The van der Waals surface area contributed by atoms with Crippen molar-refractivity contribution >= 4 is 52.1 Å². The van der Waals surface area contributed by atoms with E-state index in [1.165, 1.54) is 4.90 Å². The van der Waals surface area contributed by atoms with Crippen molar-refractivity contribution in [3.05, 3.63) is 122 Å². The van der Waals surface area contributed by atoms with Gasteiger partial charge in [0, 0.05) is 29.0 Å². The van der Waals surface area contributed by atoms with Crippen LogP contribution in [0, 0.1) is 44.4 Å². The van der Waals surface area contributed by atoms with Crippen LogP contribution in [0.3, 0.4) is 0 Å². The van der Waals surface area contributed by atoms with Gasteiger partial charge in [0.2, 0.25) is 17.7 Å². The summed E-state index contributed by atoms with van der Waals surface area (Å²) in [6, 6.07) is 20.4. The van der Waals surface area contributed by atoms with Crippen molar-refractivity contribution < 1.29 is 53.1 Å². The minimum Gasteiger partial charge on any atom is -0.490 e. The van der Waals surface area contributed by atoms with Crippen molar-refractivity contribution in [2.24, 2.45) is 10.4 Å². The summed E-state index contributed by atoms with van der Waals surface area (Å²) in [4.78, 5) is 65.6. The van der Waals surface area contributed by atoms with Gasteiger partial charge in [-0.05, 0) is 80.0 Å². The van der Waals surface area contributed by atoms with Gasteiger partial charge in [-0.25, -0.2) is 4.98 Å². The van der Waals surface area contributed by atoms with E-state index in [0.717, 1.165) is 59.4 Å². The summed E-state index contributed by atoms with van der Waals surface area (Å²) in [6.07, 6.45) is -1.05. The third kappa shape index (κ3) is 14.6. The maximum absolute atomic E-state index is 14.1. The number of ether oxygens (including phenoxy) is 5. The zero-order chi connectivity index (χ0) is 58.0. The van der Waals surface area contributed by atoms with Crippen molar-refractivity contribution in [2.75, 3.05) is 66.0 Å². The predicted octanol–water partition coefficient (Wildman–Crippen LogP) is 7.41. The van der Waals surface area contributed by atoms with E-state index in [4.69, 9.17) is 28.7 Å². The predicted molar refractivity (Wildman–Crippen MR) is 306 cm³/mol. The Balaban J connectivity index is 0.704. The topological polar surface area (TPSA) is 262 Å². The van der Waals surface area contributed by atoms with E-state index in [2.05, 4.69) is 38.8 Å². The summed E-state index contributed by atoms with van der Waals surface area (Å²) in [5.41, 5.74) is 9.53. The van der Waals surface area contributed by atoms with Gasteiger partial charge in [-0.2, -0.15) is 5.26 Å². The lowest BCUT2D eigenvalue weighted by Crippen LogP contribution is -2.58. The Bertz CT molecular complexity index is 3270. The molecule has 1 fully saturated rings. The van der Waals surface area contributed by atoms with Gasteiger partial charge < -0.3 is 49.4 Å². The van der Waals surface area contributed by atoms with Gasteiger partial charge in [-0.15, -0.1) is 32.9 Å². The lowest BCUT2D eigenvalue weighted by molar-refractivity contribution is -0.144. The quantitative estimate of drug-likeness (QED) is 0.0407. The van der Waals surface area contributed by atoms with E-state index < -0.39 is 47.4 Å². The number of thiazole rings is 1. The summed E-state index contributed by atoms with van der Waals surface area (Å²) in [5, 5.41) is 45.8. The number of likely N-dealkylation sites (tertiary alicyclic amines) is 1. The molecule has 0 unspecified atom stereocenters. The first-order valence-corrected chi connectivity index (χ1v) is 28.5. The second kappa shape index (κ2) is 27.0. The number of amides is 3. The van der Waals surface area contributed by atoms with E-state index in [1.54, 1.807) is 34.8 Å². The van der Waals surface area contributed by atoms with Gasteiger partial charge in [-0.3, -0.25) is 28.7 Å². The molecule has 2 aliphatic rings. The first-order chi connectivity index (χ1) is 38.8. The van der Waals surface area contributed by atoms with Gasteiger partial charge >= 0.3 is 5.97 Å². The number of fused-ring (bicyclic) bond motifs is 3. The molecule has 0 spiro atoms. The number of thiophene rings is 1. The summed E-state index contributed by atoms with van der Waals surface area (Å²) in [7, 11) is 0. The lowest BCUT2D eigenvalue weighted by Gasteiger charge is -2.35. The van der Waals surface area contributed by atoms with Crippen LogP contribution in [0.4, 0.5) is 0 Å². The molecule has 3 aromatic carbocycles. The molecule has 20 nitrogen and oxygen atoms in total. The lowest BCUT2D eigenvalue weighted by atomic mass is 9.85. The number of aromatic nitrogens is 4. The third-order valence-corrected chi connectivity index (χ3v) is 16.3. The Kier molecular flexibility index (Phi) is 20.0. The number of carbonyl (C=O) groups is 4. The van der Waals surface area contributed by atoms with Crippen molar-refractivity contribution in [1.29, 1.82) is 5.26 Å². The van der Waals surface area contributed by atoms with Gasteiger partial charge in [0.25, 0.3) is 0 Å². The summed E-state index contributed by atoms with van der Waals surface area (Å²) in [5.74, 6) is -0.745. The number of aliphatic hydroxyl groups excluding tert-OH is 1. The summed E-state index contributed by atoms with van der Waals surface area (Å²) < 4.78 is 30.3. The van der Waals surface area contributed by atoms with E-state index in [9.17, 15) is 34.7 Å². The number of benzene rings is 3. The fraction of sp³-hybridized carbons (Fsp3) is 0.441. The molecule has 0 saturated carbocycles. The van der Waals surface area contributed by atoms with Crippen LogP contribution in [-0.4, -0.2) is 148 Å². The fourth-order valence-corrected chi connectivity index (χ4v) is 11.7. The molecule has 2 aliphatic heterocycles. The van der Waals surface area contributed by atoms with Gasteiger partial charge in [0.15, 0.2) is 5.82 Å². The largest absolute Gasteiger partial charge is 0.490 e. The highest BCUT2D eigenvalue weighted by Crippen LogP contribution is 2.40. The molecular formula is C59H69N9O11S2. The molecule has 428 valence electrons. The van der Waals surface area contributed by atoms with Crippen LogP contribution in [0.1, 0.15) is 103 Å². The maximum atomic E-state index is 14.1. The normalized spacial score (nSPS) is 16.6. The average molecular weight is 1140 g/mol. The number of nitrogens with zero attached hydrogens (tertiary/aromatic N) is 7. The van der Waals surface area contributed by atoms with Crippen LogP contribution in [0.15, 0.2) is 77.2 Å². The van der Waals surface area contributed by atoms with Crippen LogP contribution < -0.4 is 15.4 Å². The number of aliphatic imine (C=N–C) groups is 1. The van der Waals surface area contributed by atoms with E-state index >= 15 is 0 Å². The fourth-order valence-electron chi connectivity index (χ4n) is 9.69. The number of nitriles is 1. The van der Waals surface area contributed by atoms with Gasteiger partial charge in [0.1, 0.15) is 54.0 Å². The van der Waals surface area contributed by atoms with E-state index in [-0.39, 0.29) is 71.0 Å². The van der Waals surface area contributed by atoms with Crippen molar-refractivity contribution in [1.82, 2.24) is 35.3 Å². The van der Waals surface area contributed by atoms with Crippen molar-refractivity contribution in [3.63, 3.8) is 0 Å². The molecule has 4 N–H and O–H groups in total. The Labute approximate surface area is 479 Å². The van der Waals surface area contributed by atoms with Crippen LogP contribution in [-0.2, 0) is 38.1 Å². The third-order valence-electron chi connectivity index (χ3n) is 14.1. The smallest absolute Gasteiger partial charge is 0.306 e. The zero-order valence-electron chi connectivity index (χ0n) is 46.8. The first kappa shape index (κ1) is 59.9. The minimum atomic E-state index is -0.992. The second-order valence-corrected chi connectivity index (χ2v) is 23.1. The first-order valence-electron chi connectivity index (χ1n) is 26.8. The SMILES string of the molecule is Cc1ncsc1-c1ccc([C@H](C)NC(=O)[C@@H]2C[C@@H](O)CN2C(=O)[C@@H](NC(=O)COCCOCCOCCOCCOc2ccc(-c3ccc(C4=N[C@@H](CC(=O)O)c5nnc(C)n5-c5sc(C)c(C)c54)cc3)cc2C#N)C(C)(C)C)cc1. The molecule has 3 aromatic heterocycles. The number of nitrogens with one attached hydrogen (secondary N) is 2. The number of aliphatic hydroxyl groups is 1. The number of aliphatic carboxylic acids is 1. The number of carboxylic acid groups (broad SMARTS) is 1. The van der Waals surface area contributed by atoms with Crippen LogP contribution in [0.2, 0.25) is 0 Å². The highest BCUT2D eigenvalue weighted by molar-refractivity contribution is 7.15. The molecular weight excluding hydrogens is 1070 g/mol. The Morgan fingerprint density at radius 1 is 0.827 bits per heavy atom. The second-order valence-electron chi connectivity index (χ2n) is 21.0. The van der Waals surface area contributed by atoms with E-state index in [0.29, 0.717) is 48.5 Å². The van der Waals surface area contributed by atoms with Gasteiger partial charge in [0.05, 0.1) is 92.2 Å². The molecule has 22 heteroatoms. The molecule has 8 rings (SSSR count). The average Bonchev–Trinajstić information content (AvgIpc) is 3.52. The number of hydrogen-bond donors (Lipinski definition) is 4. The molecule has 0 bridgehead atoms. The maximum Gasteiger partial charge on any atom is 0.306 e. The van der Waals surface area contributed by atoms with E-state index in [1.807, 2.05) is 113 Å². The monoisotopic (exact) mass is 1140 g/mol. The molecule has 5 heterocycles.